The second-order valence-corrected chi connectivity index (χ2v) is 9.49. The molecule has 1 aliphatic heterocycles. The predicted octanol–water partition coefficient (Wildman–Crippen LogP) is 1.68. The molecule has 1 atom stereocenters. The highest BCUT2D eigenvalue weighted by Crippen LogP contribution is 2.41. The highest BCUT2D eigenvalue weighted by Gasteiger charge is 2.29. The zero-order chi connectivity index (χ0) is 20.3. The van der Waals surface area contributed by atoms with Gasteiger partial charge in [-0.05, 0) is 18.6 Å². The van der Waals surface area contributed by atoms with Crippen LogP contribution in [-0.4, -0.2) is 58.2 Å². The van der Waals surface area contributed by atoms with E-state index < -0.39 is 9.84 Å². The molecule has 1 N–H and O–H groups in total. The van der Waals surface area contributed by atoms with Crippen molar-refractivity contribution in [3.63, 3.8) is 0 Å². The van der Waals surface area contributed by atoms with Crippen LogP contribution in [0.15, 0.2) is 17.5 Å². The summed E-state index contributed by atoms with van der Waals surface area (Å²) in [5, 5.41) is 5.30. The maximum Gasteiger partial charge on any atom is 0.226 e. The number of ether oxygens (including phenoxy) is 3. The summed E-state index contributed by atoms with van der Waals surface area (Å²) in [5.41, 5.74) is 1.40. The molecule has 1 aromatic carbocycles. The summed E-state index contributed by atoms with van der Waals surface area (Å²) in [5.74, 6) is 1.44. The van der Waals surface area contributed by atoms with E-state index in [-0.39, 0.29) is 29.9 Å². The molecule has 1 aromatic heterocycles. The van der Waals surface area contributed by atoms with Crippen molar-refractivity contribution in [2.75, 3.05) is 32.8 Å². The van der Waals surface area contributed by atoms with Crippen molar-refractivity contribution in [3.8, 4) is 27.8 Å². The van der Waals surface area contributed by atoms with Gasteiger partial charge in [0.2, 0.25) is 11.7 Å². The van der Waals surface area contributed by atoms with Crippen LogP contribution in [0.3, 0.4) is 0 Å². The van der Waals surface area contributed by atoms with E-state index in [4.69, 9.17) is 14.2 Å². The SMILES string of the molecule is COc1cc(-c2nc(CC(=O)N[C@@H]3CCS(=O)(=O)C3)cs2)cc(OC)c1OC. The van der Waals surface area contributed by atoms with Gasteiger partial charge >= 0.3 is 0 Å². The van der Waals surface area contributed by atoms with Gasteiger partial charge in [-0.1, -0.05) is 0 Å². The van der Waals surface area contributed by atoms with Gasteiger partial charge < -0.3 is 19.5 Å². The number of thiazole rings is 1. The van der Waals surface area contributed by atoms with Crippen molar-refractivity contribution in [2.45, 2.75) is 18.9 Å². The van der Waals surface area contributed by atoms with E-state index in [0.29, 0.717) is 34.4 Å². The third kappa shape index (κ3) is 4.56. The van der Waals surface area contributed by atoms with Crippen LogP contribution in [0.5, 0.6) is 17.2 Å². The number of hydrogen-bond donors (Lipinski definition) is 1. The lowest BCUT2D eigenvalue weighted by atomic mass is 10.2. The molecule has 2 aromatic rings. The number of nitrogens with one attached hydrogen (secondary N) is 1. The molecule has 3 rings (SSSR count). The minimum absolute atomic E-state index is 0.00644. The zero-order valence-corrected chi connectivity index (χ0v) is 17.5. The van der Waals surface area contributed by atoms with Gasteiger partial charge in [-0.25, -0.2) is 13.4 Å². The maximum absolute atomic E-state index is 12.2. The smallest absolute Gasteiger partial charge is 0.226 e. The van der Waals surface area contributed by atoms with Crippen molar-refractivity contribution in [1.82, 2.24) is 10.3 Å². The Kier molecular flexibility index (Phi) is 6.09. The summed E-state index contributed by atoms with van der Waals surface area (Å²) in [6, 6.07) is 3.28. The lowest BCUT2D eigenvalue weighted by molar-refractivity contribution is -0.121. The van der Waals surface area contributed by atoms with Crippen LogP contribution in [0.1, 0.15) is 12.1 Å². The molecule has 0 unspecified atom stereocenters. The lowest BCUT2D eigenvalue weighted by Gasteiger charge is -2.13. The Bertz CT molecular complexity index is 945. The summed E-state index contributed by atoms with van der Waals surface area (Å²) in [6.07, 6.45) is 0.555. The molecule has 10 heteroatoms. The third-order valence-corrected chi connectivity index (χ3v) is 7.11. The van der Waals surface area contributed by atoms with Crippen molar-refractivity contribution >= 4 is 27.1 Å². The summed E-state index contributed by atoms with van der Waals surface area (Å²) in [4.78, 5) is 16.7. The number of aromatic nitrogens is 1. The van der Waals surface area contributed by atoms with Crippen molar-refractivity contribution in [2.24, 2.45) is 0 Å². The highest BCUT2D eigenvalue weighted by molar-refractivity contribution is 7.91. The molecule has 28 heavy (non-hydrogen) atoms. The average Bonchev–Trinajstić information content (AvgIpc) is 3.26. The molecule has 152 valence electrons. The Hall–Kier alpha value is -2.33. The average molecular weight is 427 g/mol. The first-order valence-electron chi connectivity index (χ1n) is 8.59. The first kappa shape index (κ1) is 20.4. The third-order valence-electron chi connectivity index (χ3n) is 4.40. The standard InChI is InChI=1S/C18H22N2O6S2/c1-24-14-6-11(7-15(25-2)17(14)26-3)18-20-13(9-27-18)8-16(21)19-12-4-5-28(22,23)10-12/h6-7,9,12H,4-5,8,10H2,1-3H3,(H,19,21)/t12-/m1/s1. The number of hydrogen-bond acceptors (Lipinski definition) is 8. The van der Waals surface area contributed by atoms with Crippen LogP contribution in [0.4, 0.5) is 0 Å². The van der Waals surface area contributed by atoms with Gasteiger partial charge in [-0.15, -0.1) is 11.3 Å². The normalized spacial score (nSPS) is 17.9. The number of benzene rings is 1. The molecule has 0 spiro atoms. The fraction of sp³-hybridized carbons (Fsp3) is 0.444. The molecule has 0 bridgehead atoms. The molecule has 0 saturated carbocycles. The van der Waals surface area contributed by atoms with Gasteiger partial charge in [0.05, 0.1) is 44.9 Å². The van der Waals surface area contributed by atoms with E-state index in [1.54, 1.807) is 26.4 Å². The molecule has 1 saturated heterocycles. The second kappa shape index (κ2) is 8.36. The number of methoxy groups -OCH3 is 3. The largest absolute Gasteiger partial charge is 0.493 e. The number of carbonyl (C=O) groups is 1. The van der Waals surface area contributed by atoms with Crippen molar-refractivity contribution in [3.05, 3.63) is 23.2 Å². The quantitative estimate of drug-likeness (QED) is 0.718. The van der Waals surface area contributed by atoms with Crippen molar-refractivity contribution < 1.29 is 27.4 Å². The number of amides is 1. The summed E-state index contributed by atoms with van der Waals surface area (Å²) in [7, 11) is 1.60. The maximum atomic E-state index is 12.2. The first-order valence-corrected chi connectivity index (χ1v) is 11.3. The zero-order valence-electron chi connectivity index (χ0n) is 15.9. The molecule has 0 radical (unpaired) electrons. The molecule has 1 aliphatic rings. The molecular formula is C18H22N2O6S2. The van der Waals surface area contributed by atoms with E-state index in [1.807, 2.05) is 5.38 Å². The fourth-order valence-electron chi connectivity index (χ4n) is 3.08. The van der Waals surface area contributed by atoms with E-state index in [0.717, 1.165) is 5.56 Å². The molecule has 1 fully saturated rings. The molecule has 1 amide bonds. The van der Waals surface area contributed by atoms with Gasteiger partial charge in [-0.3, -0.25) is 4.79 Å². The molecular weight excluding hydrogens is 404 g/mol. The minimum Gasteiger partial charge on any atom is -0.493 e. The lowest BCUT2D eigenvalue weighted by Crippen LogP contribution is -2.36. The van der Waals surface area contributed by atoms with Crippen LogP contribution in [-0.2, 0) is 21.1 Å². The number of nitrogens with zero attached hydrogens (tertiary/aromatic N) is 1. The number of sulfone groups is 1. The van der Waals surface area contributed by atoms with Gasteiger partial charge in [0, 0.05) is 17.0 Å². The molecule has 2 heterocycles. The Balaban J connectivity index is 1.72. The van der Waals surface area contributed by atoms with Crippen molar-refractivity contribution in [1.29, 1.82) is 0 Å². The van der Waals surface area contributed by atoms with E-state index >= 15 is 0 Å². The van der Waals surface area contributed by atoms with Gasteiger partial charge in [0.15, 0.2) is 21.3 Å². The number of carbonyl (C=O) groups excluding carboxylic acids is 1. The van der Waals surface area contributed by atoms with Crippen LogP contribution in [0.2, 0.25) is 0 Å². The Labute approximate surface area is 167 Å². The monoisotopic (exact) mass is 426 g/mol. The molecule has 8 nitrogen and oxygen atoms in total. The summed E-state index contributed by atoms with van der Waals surface area (Å²) < 4.78 is 39.0. The molecule has 0 aliphatic carbocycles. The Morgan fingerprint density at radius 3 is 2.43 bits per heavy atom. The minimum atomic E-state index is -3.03. The van der Waals surface area contributed by atoms with E-state index in [9.17, 15) is 13.2 Å². The van der Waals surface area contributed by atoms with Gasteiger partial charge in [0.25, 0.3) is 0 Å². The Morgan fingerprint density at radius 2 is 1.89 bits per heavy atom. The number of rotatable bonds is 7. The summed E-state index contributed by atoms with van der Waals surface area (Å²) in [6.45, 7) is 0. The highest BCUT2D eigenvalue weighted by atomic mass is 32.2. The summed E-state index contributed by atoms with van der Waals surface area (Å²) >= 11 is 1.40. The van der Waals surface area contributed by atoms with Gasteiger partial charge in [-0.2, -0.15) is 0 Å². The topological polar surface area (TPSA) is 104 Å². The van der Waals surface area contributed by atoms with E-state index in [1.165, 1.54) is 18.4 Å². The predicted molar refractivity (Wildman–Crippen MR) is 106 cm³/mol. The van der Waals surface area contributed by atoms with Crippen LogP contribution >= 0.6 is 11.3 Å². The second-order valence-electron chi connectivity index (χ2n) is 6.40. The van der Waals surface area contributed by atoms with E-state index in [2.05, 4.69) is 10.3 Å². The Morgan fingerprint density at radius 1 is 1.21 bits per heavy atom. The van der Waals surface area contributed by atoms with Crippen LogP contribution < -0.4 is 19.5 Å². The van der Waals surface area contributed by atoms with Crippen LogP contribution in [0, 0.1) is 0 Å². The fourth-order valence-corrected chi connectivity index (χ4v) is 5.56. The van der Waals surface area contributed by atoms with Gasteiger partial charge in [0.1, 0.15) is 5.01 Å². The first-order chi connectivity index (χ1) is 13.3. The van der Waals surface area contributed by atoms with Crippen LogP contribution in [0.25, 0.3) is 10.6 Å².